The Hall–Kier alpha value is -1.73. The number of carbonyl (C=O) groups is 2. The molecule has 2 atom stereocenters. The second-order valence-corrected chi connectivity index (χ2v) is 6.68. The van der Waals surface area contributed by atoms with Crippen LogP contribution in [0.25, 0.3) is 0 Å². The Labute approximate surface area is 143 Å². The molecule has 24 heavy (non-hydrogen) atoms. The normalized spacial score (nSPS) is 25.7. The fourth-order valence-electron chi connectivity index (χ4n) is 3.05. The molecule has 2 N–H and O–H groups in total. The average Bonchev–Trinajstić information content (AvgIpc) is 3.13. The Morgan fingerprint density at radius 2 is 2.00 bits per heavy atom. The van der Waals surface area contributed by atoms with Crippen molar-refractivity contribution in [2.24, 2.45) is 0 Å². The molecule has 5 nitrogen and oxygen atoms in total. The number of rotatable bonds is 3. The number of carbonyl (C=O) groups excluding carboxylic acids is 2. The van der Waals surface area contributed by atoms with Crippen molar-refractivity contribution in [2.45, 2.75) is 30.8 Å². The standard InChI is InChI=1S/C16H18ClF2N3O2/c17-11-3-1-10(2-4-11)14(23)21-12-7-13(20-8-12)15(24)22-6-5-16(18,19)9-22/h1-4,12-13,20H,5-9H2,(H,21,23)/t12-,13-/m0/s1. The molecule has 0 aliphatic carbocycles. The quantitative estimate of drug-likeness (QED) is 0.865. The van der Waals surface area contributed by atoms with Crippen LogP contribution in [0.2, 0.25) is 5.02 Å². The molecule has 2 aliphatic rings. The Balaban J connectivity index is 1.53. The van der Waals surface area contributed by atoms with E-state index in [0.717, 1.165) is 0 Å². The van der Waals surface area contributed by atoms with Crippen LogP contribution in [0.3, 0.4) is 0 Å². The van der Waals surface area contributed by atoms with E-state index >= 15 is 0 Å². The average molecular weight is 358 g/mol. The predicted octanol–water partition coefficient (Wildman–Crippen LogP) is 1.67. The van der Waals surface area contributed by atoms with E-state index in [0.29, 0.717) is 23.6 Å². The zero-order valence-corrected chi connectivity index (χ0v) is 13.7. The van der Waals surface area contributed by atoms with Gasteiger partial charge in [-0.05, 0) is 30.7 Å². The van der Waals surface area contributed by atoms with Crippen molar-refractivity contribution in [2.75, 3.05) is 19.6 Å². The van der Waals surface area contributed by atoms with Gasteiger partial charge in [0.15, 0.2) is 0 Å². The van der Waals surface area contributed by atoms with E-state index in [1.165, 1.54) is 4.90 Å². The van der Waals surface area contributed by atoms with E-state index in [-0.39, 0.29) is 30.8 Å². The third-order valence-corrected chi connectivity index (χ3v) is 4.60. The van der Waals surface area contributed by atoms with Crippen LogP contribution in [0.15, 0.2) is 24.3 Å². The molecule has 2 amide bonds. The number of halogens is 3. The highest BCUT2D eigenvalue weighted by atomic mass is 35.5. The van der Waals surface area contributed by atoms with Gasteiger partial charge < -0.3 is 15.5 Å². The molecule has 2 fully saturated rings. The van der Waals surface area contributed by atoms with Crippen LogP contribution in [-0.4, -0.2) is 54.4 Å². The van der Waals surface area contributed by atoms with Gasteiger partial charge in [-0.15, -0.1) is 0 Å². The van der Waals surface area contributed by atoms with Crippen LogP contribution in [-0.2, 0) is 4.79 Å². The minimum Gasteiger partial charge on any atom is -0.348 e. The molecule has 0 saturated carbocycles. The molecule has 0 unspecified atom stereocenters. The number of amides is 2. The molecule has 2 aliphatic heterocycles. The number of hydrogen-bond acceptors (Lipinski definition) is 3. The second kappa shape index (κ2) is 6.64. The number of nitrogens with zero attached hydrogens (tertiary/aromatic N) is 1. The first-order valence-electron chi connectivity index (χ1n) is 7.80. The highest BCUT2D eigenvalue weighted by Crippen LogP contribution is 2.27. The summed E-state index contributed by atoms with van der Waals surface area (Å²) >= 11 is 5.79. The summed E-state index contributed by atoms with van der Waals surface area (Å²) in [6, 6.07) is 5.75. The summed E-state index contributed by atoms with van der Waals surface area (Å²) in [5, 5.41) is 6.39. The summed E-state index contributed by atoms with van der Waals surface area (Å²) in [5.74, 6) is -3.37. The smallest absolute Gasteiger partial charge is 0.267 e. The van der Waals surface area contributed by atoms with Gasteiger partial charge in [0.25, 0.3) is 11.8 Å². The SMILES string of the molecule is O=C(N[C@@H]1CN[C@H](C(=O)N2CCC(F)(F)C2)C1)c1ccc(Cl)cc1. The van der Waals surface area contributed by atoms with Gasteiger partial charge in [-0.25, -0.2) is 8.78 Å². The maximum Gasteiger partial charge on any atom is 0.267 e. The lowest BCUT2D eigenvalue weighted by Gasteiger charge is -2.20. The summed E-state index contributed by atoms with van der Waals surface area (Å²) in [7, 11) is 0. The van der Waals surface area contributed by atoms with Gasteiger partial charge in [-0.3, -0.25) is 9.59 Å². The van der Waals surface area contributed by atoms with Crippen LogP contribution in [0.4, 0.5) is 8.78 Å². The van der Waals surface area contributed by atoms with Gasteiger partial charge >= 0.3 is 0 Å². The minimum absolute atomic E-state index is 0.0752. The third kappa shape index (κ3) is 3.84. The van der Waals surface area contributed by atoms with Crippen molar-refractivity contribution in [3.05, 3.63) is 34.9 Å². The van der Waals surface area contributed by atoms with E-state index in [1.54, 1.807) is 24.3 Å². The fourth-order valence-corrected chi connectivity index (χ4v) is 3.17. The molecule has 3 rings (SSSR count). The molecule has 2 saturated heterocycles. The summed E-state index contributed by atoms with van der Waals surface area (Å²) in [6.45, 7) is -0.0163. The Bertz CT molecular complexity index is 639. The molecular formula is C16H18ClF2N3O2. The largest absolute Gasteiger partial charge is 0.348 e. The maximum absolute atomic E-state index is 13.2. The van der Waals surface area contributed by atoms with Gasteiger partial charge in [0, 0.05) is 36.1 Å². The molecule has 2 heterocycles. The zero-order valence-electron chi connectivity index (χ0n) is 12.9. The van der Waals surface area contributed by atoms with E-state index in [1.807, 2.05) is 0 Å². The predicted molar refractivity (Wildman–Crippen MR) is 85.3 cm³/mol. The first kappa shape index (κ1) is 17.1. The van der Waals surface area contributed by atoms with Crippen molar-refractivity contribution >= 4 is 23.4 Å². The van der Waals surface area contributed by atoms with Gasteiger partial charge in [0.05, 0.1) is 12.6 Å². The monoisotopic (exact) mass is 357 g/mol. The van der Waals surface area contributed by atoms with E-state index in [2.05, 4.69) is 10.6 Å². The van der Waals surface area contributed by atoms with Gasteiger partial charge in [-0.2, -0.15) is 0 Å². The van der Waals surface area contributed by atoms with Crippen molar-refractivity contribution in [3.63, 3.8) is 0 Å². The lowest BCUT2D eigenvalue weighted by molar-refractivity contribution is -0.133. The molecule has 0 aromatic heterocycles. The summed E-state index contributed by atoms with van der Waals surface area (Å²) in [5.41, 5.74) is 0.480. The first-order valence-corrected chi connectivity index (χ1v) is 8.18. The minimum atomic E-state index is -2.80. The van der Waals surface area contributed by atoms with Gasteiger partial charge in [0.1, 0.15) is 0 Å². The Morgan fingerprint density at radius 1 is 1.29 bits per heavy atom. The van der Waals surface area contributed by atoms with Crippen LogP contribution in [0, 0.1) is 0 Å². The van der Waals surface area contributed by atoms with Crippen LogP contribution < -0.4 is 10.6 Å². The van der Waals surface area contributed by atoms with Gasteiger partial charge in [-0.1, -0.05) is 11.6 Å². The van der Waals surface area contributed by atoms with Crippen molar-refractivity contribution in [3.8, 4) is 0 Å². The van der Waals surface area contributed by atoms with Crippen molar-refractivity contribution < 1.29 is 18.4 Å². The van der Waals surface area contributed by atoms with E-state index in [4.69, 9.17) is 11.6 Å². The topological polar surface area (TPSA) is 61.4 Å². The molecule has 130 valence electrons. The number of nitrogens with one attached hydrogen (secondary N) is 2. The Kier molecular flexibility index (Phi) is 4.73. The summed E-state index contributed by atoms with van der Waals surface area (Å²) < 4.78 is 26.5. The van der Waals surface area contributed by atoms with E-state index in [9.17, 15) is 18.4 Å². The zero-order chi connectivity index (χ0) is 17.3. The van der Waals surface area contributed by atoms with Crippen molar-refractivity contribution in [1.82, 2.24) is 15.5 Å². The Morgan fingerprint density at radius 3 is 2.62 bits per heavy atom. The van der Waals surface area contributed by atoms with E-state index < -0.39 is 18.5 Å². The fraction of sp³-hybridized carbons (Fsp3) is 0.500. The first-order chi connectivity index (χ1) is 11.3. The van der Waals surface area contributed by atoms with Gasteiger partial charge in [0.2, 0.25) is 5.91 Å². The number of hydrogen-bond donors (Lipinski definition) is 2. The lowest BCUT2D eigenvalue weighted by atomic mass is 10.1. The van der Waals surface area contributed by atoms with Crippen LogP contribution >= 0.6 is 11.6 Å². The molecule has 1 aromatic carbocycles. The molecule has 1 aromatic rings. The molecule has 0 spiro atoms. The molecular weight excluding hydrogens is 340 g/mol. The van der Waals surface area contributed by atoms with Crippen molar-refractivity contribution in [1.29, 1.82) is 0 Å². The van der Waals surface area contributed by atoms with Crippen LogP contribution in [0.5, 0.6) is 0 Å². The number of alkyl halides is 2. The van der Waals surface area contributed by atoms with Crippen LogP contribution in [0.1, 0.15) is 23.2 Å². The highest BCUT2D eigenvalue weighted by molar-refractivity contribution is 6.30. The molecule has 8 heteroatoms. The number of benzene rings is 1. The molecule has 0 bridgehead atoms. The molecule has 0 radical (unpaired) electrons. The maximum atomic E-state index is 13.2. The lowest BCUT2D eigenvalue weighted by Crippen LogP contribution is -2.43. The number of likely N-dealkylation sites (tertiary alicyclic amines) is 1. The third-order valence-electron chi connectivity index (χ3n) is 4.35. The summed E-state index contributed by atoms with van der Waals surface area (Å²) in [6.07, 6.45) is 0.0996. The summed E-state index contributed by atoms with van der Waals surface area (Å²) in [4.78, 5) is 25.6. The highest BCUT2D eigenvalue weighted by Gasteiger charge is 2.43. The second-order valence-electron chi connectivity index (χ2n) is 6.24.